The third-order valence-corrected chi connectivity index (χ3v) is 4.49. The van der Waals surface area contributed by atoms with Crippen molar-refractivity contribution in [2.45, 2.75) is 11.3 Å². The van der Waals surface area contributed by atoms with Crippen molar-refractivity contribution in [2.75, 3.05) is 6.54 Å². The number of hydrogen-bond donors (Lipinski definition) is 2. The number of hydrogen-bond acceptors (Lipinski definition) is 3. The van der Waals surface area contributed by atoms with E-state index < -0.39 is 16.0 Å². The van der Waals surface area contributed by atoms with Crippen LogP contribution in [0.1, 0.15) is 15.9 Å². The van der Waals surface area contributed by atoms with Gasteiger partial charge < -0.3 is 9.67 Å². The minimum Gasteiger partial charge on any atom is -0.478 e. The van der Waals surface area contributed by atoms with Crippen LogP contribution in [-0.2, 0) is 23.5 Å². The molecule has 1 heterocycles. The smallest absolute Gasteiger partial charge is 0.335 e. The molecule has 1 aromatic heterocycles. The van der Waals surface area contributed by atoms with Gasteiger partial charge in [0.05, 0.1) is 10.5 Å². The molecule has 0 bridgehead atoms. The van der Waals surface area contributed by atoms with Crippen LogP contribution in [0.5, 0.6) is 0 Å². The van der Waals surface area contributed by atoms with Crippen molar-refractivity contribution in [2.24, 2.45) is 7.05 Å². The third-order valence-electron chi connectivity index (χ3n) is 3.01. The van der Waals surface area contributed by atoms with Crippen molar-refractivity contribution in [1.29, 1.82) is 0 Å². The van der Waals surface area contributed by atoms with E-state index in [-0.39, 0.29) is 17.0 Å². The molecule has 0 fully saturated rings. The van der Waals surface area contributed by atoms with Gasteiger partial charge in [0.15, 0.2) is 0 Å². The monoisotopic (exact) mass is 308 g/mol. The molecule has 6 nitrogen and oxygen atoms in total. The van der Waals surface area contributed by atoms with Gasteiger partial charge in [-0.2, -0.15) is 0 Å². The fraction of sp³-hybridized carbons (Fsp3) is 0.214. The molecule has 0 saturated carbocycles. The van der Waals surface area contributed by atoms with Crippen LogP contribution in [0.4, 0.5) is 0 Å². The SMILES string of the molecule is Cn1ccc(CCNS(=O)(=O)c2ccc(C(=O)O)cc2)c1. The van der Waals surface area contributed by atoms with E-state index in [0.717, 1.165) is 5.56 Å². The zero-order valence-corrected chi connectivity index (χ0v) is 12.3. The maximum atomic E-state index is 12.0. The lowest BCUT2D eigenvalue weighted by atomic mass is 10.2. The van der Waals surface area contributed by atoms with Gasteiger partial charge in [-0.3, -0.25) is 0 Å². The molecule has 2 aromatic rings. The molecule has 0 saturated heterocycles. The van der Waals surface area contributed by atoms with Crippen molar-refractivity contribution >= 4 is 16.0 Å². The highest BCUT2D eigenvalue weighted by Crippen LogP contribution is 2.10. The quantitative estimate of drug-likeness (QED) is 0.840. The predicted octanol–water partition coefficient (Wildman–Crippen LogP) is 1.24. The highest BCUT2D eigenvalue weighted by Gasteiger charge is 2.14. The largest absolute Gasteiger partial charge is 0.478 e. The molecular formula is C14H16N2O4S. The maximum Gasteiger partial charge on any atom is 0.335 e. The van der Waals surface area contributed by atoms with Gasteiger partial charge in [0, 0.05) is 26.0 Å². The zero-order chi connectivity index (χ0) is 15.5. The van der Waals surface area contributed by atoms with Gasteiger partial charge in [-0.25, -0.2) is 17.9 Å². The van der Waals surface area contributed by atoms with Crippen molar-refractivity contribution in [3.8, 4) is 0 Å². The average molecular weight is 308 g/mol. The van der Waals surface area contributed by atoms with E-state index >= 15 is 0 Å². The van der Waals surface area contributed by atoms with Crippen molar-refractivity contribution in [1.82, 2.24) is 9.29 Å². The number of carboxylic acids is 1. The van der Waals surface area contributed by atoms with Gasteiger partial charge in [0.25, 0.3) is 0 Å². The standard InChI is InChI=1S/C14H16N2O4S/c1-16-9-7-11(10-16)6-8-15-21(19,20)13-4-2-12(3-5-13)14(17)18/h2-5,7,9-10,15H,6,8H2,1H3,(H,17,18). The lowest BCUT2D eigenvalue weighted by molar-refractivity contribution is 0.0696. The average Bonchev–Trinajstić information content (AvgIpc) is 2.84. The molecule has 0 unspecified atom stereocenters. The normalized spacial score (nSPS) is 11.5. The first-order valence-electron chi connectivity index (χ1n) is 6.32. The Morgan fingerprint density at radius 3 is 2.43 bits per heavy atom. The number of rotatable bonds is 6. The van der Waals surface area contributed by atoms with Crippen LogP contribution >= 0.6 is 0 Å². The van der Waals surface area contributed by atoms with Crippen molar-refractivity contribution in [3.63, 3.8) is 0 Å². The van der Waals surface area contributed by atoms with Crippen LogP contribution < -0.4 is 4.72 Å². The zero-order valence-electron chi connectivity index (χ0n) is 11.5. The number of benzene rings is 1. The summed E-state index contributed by atoms with van der Waals surface area (Å²) in [7, 11) is -1.72. The van der Waals surface area contributed by atoms with E-state index in [2.05, 4.69) is 4.72 Å². The first-order valence-corrected chi connectivity index (χ1v) is 7.81. The number of aromatic nitrogens is 1. The summed E-state index contributed by atoms with van der Waals surface area (Å²) >= 11 is 0. The summed E-state index contributed by atoms with van der Waals surface area (Å²) in [6, 6.07) is 7.04. The van der Waals surface area contributed by atoms with E-state index in [4.69, 9.17) is 5.11 Å². The van der Waals surface area contributed by atoms with Gasteiger partial charge in [-0.15, -0.1) is 0 Å². The molecule has 0 aliphatic carbocycles. The van der Waals surface area contributed by atoms with Gasteiger partial charge in [-0.1, -0.05) is 0 Å². The minimum absolute atomic E-state index is 0.0539. The molecule has 0 aliphatic heterocycles. The van der Waals surface area contributed by atoms with Gasteiger partial charge in [-0.05, 0) is 42.3 Å². The molecule has 2 N–H and O–H groups in total. The highest BCUT2D eigenvalue weighted by atomic mass is 32.2. The number of carboxylic acid groups (broad SMARTS) is 1. The summed E-state index contributed by atoms with van der Waals surface area (Å²) < 4.78 is 28.5. The summed E-state index contributed by atoms with van der Waals surface area (Å²) in [6.07, 6.45) is 4.41. The van der Waals surface area contributed by atoms with Gasteiger partial charge in [0.1, 0.15) is 0 Å². The van der Waals surface area contributed by atoms with E-state index in [1.807, 2.05) is 30.1 Å². The number of nitrogens with zero attached hydrogens (tertiary/aromatic N) is 1. The second-order valence-electron chi connectivity index (χ2n) is 4.66. The van der Waals surface area contributed by atoms with E-state index in [9.17, 15) is 13.2 Å². The Morgan fingerprint density at radius 1 is 1.24 bits per heavy atom. The van der Waals surface area contributed by atoms with Gasteiger partial charge in [0.2, 0.25) is 10.0 Å². The Bertz CT molecular complexity index is 733. The molecule has 21 heavy (non-hydrogen) atoms. The van der Waals surface area contributed by atoms with E-state index in [0.29, 0.717) is 6.42 Å². The number of sulfonamides is 1. The Kier molecular flexibility index (Phi) is 4.44. The lowest BCUT2D eigenvalue weighted by Gasteiger charge is -2.06. The molecule has 0 radical (unpaired) electrons. The molecule has 1 aromatic carbocycles. The van der Waals surface area contributed by atoms with Gasteiger partial charge >= 0.3 is 5.97 Å². The fourth-order valence-electron chi connectivity index (χ4n) is 1.90. The molecule has 0 aliphatic rings. The molecule has 2 rings (SSSR count). The van der Waals surface area contributed by atoms with Crippen LogP contribution in [0.25, 0.3) is 0 Å². The van der Waals surface area contributed by atoms with Crippen LogP contribution in [0.15, 0.2) is 47.6 Å². The van der Waals surface area contributed by atoms with Crippen LogP contribution in [-0.4, -0.2) is 30.6 Å². The fourth-order valence-corrected chi connectivity index (χ4v) is 2.93. The number of nitrogens with one attached hydrogen (secondary N) is 1. The number of carbonyl (C=O) groups is 1. The first-order chi connectivity index (χ1) is 9.88. The van der Waals surface area contributed by atoms with E-state index in [1.54, 1.807) is 0 Å². The van der Waals surface area contributed by atoms with Crippen LogP contribution in [0.2, 0.25) is 0 Å². The summed E-state index contributed by atoms with van der Waals surface area (Å²) in [5.74, 6) is -1.09. The number of aryl methyl sites for hydroxylation is 1. The Balaban J connectivity index is 1.99. The molecule has 0 spiro atoms. The van der Waals surface area contributed by atoms with Crippen molar-refractivity contribution in [3.05, 3.63) is 53.9 Å². The molecular weight excluding hydrogens is 292 g/mol. The third kappa shape index (κ3) is 3.93. The Hall–Kier alpha value is -2.12. The Morgan fingerprint density at radius 2 is 1.90 bits per heavy atom. The minimum atomic E-state index is -3.62. The molecule has 112 valence electrons. The maximum absolute atomic E-state index is 12.0. The molecule has 7 heteroatoms. The van der Waals surface area contributed by atoms with Crippen LogP contribution in [0.3, 0.4) is 0 Å². The second-order valence-corrected chi connectivity index (χ2v) is 6.43. The first kappa shape index (κ1) is 15.3. The number of aromatic carboxylic acids is 1. The molecule has 0 amide bonds. The highest BCUT2D eigenvalue weighted by molar-refractivity contribution is 7.89. The Labute approximate surface area is 123 Å². The second kappa shape index (κ2) is 6.11. The summed E-state index contributed by atoms with van der Waals surface area (Å²) in [6.45, 7) is 0.285. The topological polar surface area (TPSA) is 88.4 Å². The lowest BCUT2D eigenvalue weighted by Crippen LogP contribution is -2.26. The molecule has 0 atom stereocenters. The summed E-state index contributed by atoms with van der Waals surface area (Å²) in [5.41, 5.74) is 1.10. The predicted molar refractivity (Wildman–Crippen MR) is 77.7 cm³/mol. The van der Waals surface area contributed by atoms with Crippen molar-refractivity contribution < 1.29 is 18.3 Å². The van der Waals surface area contributed by atoms with Crippen LogP contribution in [0, 0.1) is 0 Å². The summed E-state index contributed by atoms with van der Waals surface area (Å²) in [5, 5.41) is 8.78. The van der Waals surface area contributed by atoms with E-state index in [1.165, 1.54) is 24.3 Å². The summed E-state index contributed by atoms with van der Waals surface area (Å²) in [4.78, 5) is 10.8.